The van der Waals surface area contributed by atoms with E-state index in [0.717, 1.165) is 112 Å². The van der Waals surface area contributed by atoms with E-state index < -0.39 is 11.9 Å². The number of hydrogen-bond donors (Lipinski definition) is 3. The van der Waals surface area contributed by atoms with Crippen molar-refractivity contribution in [3.63, 3.8) is 0 Å². The molecule has 2 aliphatic heterocycles. The summed E-state index contributed by atoms with van der Waals surface area (Å²) in [5.74, 6) is -1.11. The normalized spacial score (nSPS) is 20.8. The Morgan fingerprint density at radius 3 is 1.74 bits per heavy atom. The molecule has 2 aliphatic carbocycles. The molecule has 0 atom stereocenters. The van der Waals surface area contributed by atoms with Crippen LogP contribution in [0.15, 0.2) is 60.7 Å². The molecule has 13 nitrogen and oxygen atoms in total. The average Bonchev–Trinajstić information content (AvgIpc) is 4.03. The number of hydrogen-bond acceptors (Lipinski definition) is 8. The zero-order valence-corrected chi connectivity index (χ0v) is 36.5. The number of carbonyl (C=O) groups is 4. The van der Waals surface area contributed by atoms with Gasteiger partial charge in [0.1, 0.15) is 6.29 Å². The minimum Gasteiger partial charge on any atom is -0.478 e. The molecule has 5 aromatic rings. The molecule has 2 saturated carbocycles. The van der Waals surface area contributed by atoms with E-state index in [-0.39, 0.29) is 33.1 Å². The van der Waals surface area contributed by atoms with Gasteiger partial charge in [-0.25, -0.2) is 14.8 Å². The van der Waals surface area contributed by atoms with E-state index in [1.807, 2.05) is 47.5 Å². The first-order valence-electron chi connectivity index (χ1n) is 21.4. The molecule has 2 aromatic heterocycles. The van der Waals surface area contributed by atoms with Gasteiger partial charge >= 0.3 is 5.97 Å². The number of benzene rings is 3. The predicted octanol–water partition coefficient (Wildman–Crippen LogP) is 7.83. The van der Waals surface area contributed by atoms with Crippen molar-refractivity contribution < 1.29 is 24.3 Å². The maximum absolute atomic E-state index is 13.8. The highest BCUT2D eigenvalue weighted by atomic mass is 35.5. The number of anilines is 2. The first-order valence-corrected chi connectivity index (χ1v) is 22.1. The number of fused-ring (bicyclic) bond motifs is 4. The fraction of sp³-hybridized carbons (Fsp3) is 0.404. The summed E-state index contributed by atoms with van der Waals surface area (Å²) < 4.78 is 3.72. The summed E-state index contributed by atoms with van der Waals surface area (Å²) in [7, 11) is 3.73. The lowest BCUT2D eigenvalue weighted by Crippen LogP contribution is -2.34. The number of nitrogens with zero attached hydrogens (tertiary/aromatic N) is 6. The van der Waals surface area contributed by atoms with Gasteiger partial charge in [-0.05, 0) is 86.7 Å². The number of aromatic carboxylic acids is 1. The topological polar surface area (TPSA) is 155 Å². The Bertz CT molecular complexity index is 2590. The number of halogens is 2. The summed E-state index contributed by atoms with van der Waals surface area (Å²) in [6, 6.07) is 17.6. The number of aromatic nitrogens is 4. The zero-order valence-electron chi connectivity index (χ0n) is 35.0. The van der Waals surface area contributed by atoms with Crippen LogP contribution in [0.5, 0.6) is 0 Å². The van der Waals surface area contributed by atoms with Gasteiger partial charge in [-0.1, -0.05) is 59.6 Å². The molecule has 15 heteroatoms. The highest BCUT2D eigenvalue weighted by Gasteiger charge is 2.53. The maximum Gasteiger partial charge on any atom is 0.335 e. The van der Waals surface area contributed by atoms with Gasteiger partial charge in [0.05, 0.1) is 38.4 Å². The van der Waals surface area contributed by atoms with E-state index in [2.05, 4.69) is 20.4 Å². The summed E-state index contributed by atoms with van der Waals surface area (Å²) >= 11 is 14.0. The van der Waals surface area contributed by atoms with Crippen LogP contribution in [0.1, 0.15) is 98.5 Å². The smallest absolute Gasteiger partial charge is 0.335 e. The molecule has 0 spiro atoms. The van der Waals surface area contributed by atoms with E-state index in [4.69, 9.17) is 33.2 Å². The molecule has 2 bridgehead atoms. The van der Waals surface area contributed by atoms with Crippen molar-refractivity contribution >= 4 is 58.6 Å². The molecule has 3 N–H and O–H groups in total. The standard InChI is InChI=1S/C47H50Cl2N8O5/c1-54-37-14-22-56(21-13-29-9-11-30(12-10-29)45(61)62)25-35(37)50-41(54)43(59)52-33-7-3-5-31(39(33)48)32-6-4-8-34(40(32)49)53-44(60)42-51-36-26-57(23-15-38(36)55(42)2)24-20-46-16-18-47(27-46,28-58)19-17-46/h3-12,28H,13-27H2,1-2H3,(H,52,59)(H,53,60)(H,61,62). The third-order valence-electron chi connectivity index (χ3n) is 14.0. The summed E-state index contributed by atoms with van der Waals surface area (Å²) in [5, 5.41) is 15.7. The molecule has 0 saturated heterocycles. The highest BCUT2D eigenvalue weighted by Crippen LogP contribution is 2.62. The summed E-state index contributed by atoms with van der Waals surface area (Å²) in [6.07, 6.45) is 9.98. The third-order valence-corrected chi connectivity index (χ3v) is 14.8. The van der Waals surface area contributed by atoms with Crippen LogP contribution in [0.3, 0.4) is 0 Å². The summed E-state index contributed by atoms with van der Waals surface area (Å²) in [5.41, 5.74) is 7.33. The fourth-order valence-electron chi connectivity index (χ4n) is 10.4. The SMILES string of the molecule is Cn1c(C(=O)Nc2cccc(-c3cccc(NC(=O)c4nc5c(n4C)CCN(CCC46CCC(C=O)(CC4)C6)C5)c3Cl)c2Cl)nc2c1CCN(CCc1ccc(C(=O)O)cc1)C2. The van der Waals surface area contributed by atoms with Crippen molar-refractivity contribution in [1.82, 2.24) is 28.9 Å². The van der Waals surface area contributed by atoms with E-state index in [1.54, 1.807) is 36.4 Å². The van der Waals surface area contributed by atoms with Gasteiger partial charge in [-0.2, -0.15) is 0 Å². The second-order valence-corrected chi connectivity index (χ2v) is 18.5. The molecular weight excluding hydrogens is 827 g/mol. The van der Waals surface area contributed by atoms with Gasteiger partial charge in [0, 0.05) is 87.6 Å². The van der Waals surface area contributed by atoms with Gasteiger partial charge in [0.25, 0.3) is 11.8 Å². The van der Waals surface area contributed by atoms with E-state index in [1.165, 1.54) is 6.29 Å². The first-order chi connectivity index (χ1) is 29.8. The van der Waals surface area contributed by atoms with Crippen molar-refractivity contribution in [3.05, 3.63) is 116 Å². The monoisotopic (exact) mass is 876 g/mol. The lowest BCUT2D eigenvalue weighted by Gasteiger charge is -2.32. The number of imidazole rings is 2. The van der Waals surface area contributed by atoms with Crippen LogP contribution >= 0.6 is 23.2 Å². The van der Waals surface area contributed by atoms with Gasteiger partial charge in [0.2, 0.25) is 0 Å². The molecule has 4 heterocycles. The molecule has 9 rings (SSSR count). The molecule has 62 heavy (non-hydrogen) atoms. The number of nitrogens with one attached hydrogen (secondary N) is 2. The minimum absolute atomic E-state index is 0.0769. The first kappa shape index (κ1) is 42.0. The predicted molar refractivity (Wildman–Crippen MR) is 238 cm³/mol. The lowest BCUT2D eigenvalue weighted by molar-refractivity contribution is -0.115. The Balaban J connectivity index is 0.841. The van der Waals surface area contributed by atoms with Crippen LogP contribution in [-0.2, 0) is 51.2 Å². The van der Waals surface area contributed by atoms with E-state index in [9.17, 15) is 24.3 Å². The van der Waals surface area contributed by atoms with Crippen molar-refractivity contribution in [2.75, 3.05) is 36.8 Å². The Morgan fingerprint density at radius 1 is 0.742 bits per heavy atom. The zero-order chi connectivity index (χ0) is 43.3. The Morgan fingerprint density at radius 2 is 1.26 bits per heavy atom. The molecule has 2 fully saturated rings. The maximum atomic E-state index is 13.8. The van der Waals surface area contributed by atoms with E-state index >= 15 is 0 Å². The fourth-order valence-corrected chi connectivity index (χ4v) is 10.9. The van der Waals surface area contributed by atoms with Crippen LogP contribution in [0.25, 0.3) is 11.1 Å². The van der Waals surface area contributed by atoms with Gasteiger partial charge in [0.15, 0.2) is 11.6 Å². The number of rotatable bonds is 13. The molecule has 4 aliphatic rings. The number of carboxylic acids is 1. The van der Waals surface area contributed by atoms with Gasteiger partial charge in [-0.15, -0.1) is 0 Å². The lowest BCUT2D eigenvalue weighted by atomic mass is 9.80. The van der Waals surface area contributed by atoms with E-state index in [0.29, 0.717) is 46.4 Å². The van der Waals surface area contributed by atoms with Gasteiger partial charge in [-0.3, -0.25) is 19.4 Å². The van der Waals surface area contributed by atoms with Gasteiger partial charge < -0.3 is 29.7 Å². The quantitative estimate of drug-likeness (QED) is 0.100. The van der Waals surface area contributed by atoms with Crippen LogP contribution in [0.2, 0.25) is 10.0 Å². The van der Waals surface area contributed by atoms with Crippen molar-refractivity contribution in [2.45, 2.75) is 70.9 Å². The van der Waals surface area contributed by atoms with Crippen molar-refractivity contribution in [2.24, 2.45) is 24.9 Å². The van der Waals surface area contributed by atoms with Crippen LogP contribution in [0, 0.1) is 10.8 Å². The second-order valence-electron chi connectivity index (χ2n) is 17.7. The molecule has 3 aromatic carbocycles. The van der Waals surface area contributed by atoms with Crippen molar-refractivity contribution in [1.29, 1.82) is 0 Å². The molecule has 0 radical (unpaired) electrons. The highest BCUT2D eigenvalue weighted by molar-refractivity contribution is 6.40. The summed E-state index contributed by atoms with van der Waals surface area (Å²) in [4.78, 5) is 64.8. The number of carboxylic acid groups (broad SMARTS) is 1. The second kappa shape index (κ2) is 16.7. The molecule has 0 unspecified atom stereocenters. The Labute approximate surface area is 370 Å². The average molecular weight is 878 g/mol. The van der Waals surface area contributed by atoms with Crippen molar-refractivity contribution in [3.8, 4) is 11.1 Å². The Hall–Kier alpha value is -5.34. The summed E-state index contributed by atoms with van der Waals surface area (Å²) in [6.45, 7) is 4.73. The Kier molecular flexibility index (Phi) is 11.3. The largest absolute Gasteiger partial charge is 0.478 e. The molecule has 2 amide bonds. The minimum atomic E-state index is -0.942. The number of amides is 2. The third kappa shape index (κ3) is 7.95. The molecular formula is C47H50Cl2N8O5. The number of carbonyl (C=O) groups excluding carboxylic acids is 3. The molecule has 322 valence electrons. The van der Waals surface area contributed by atoms with Crippen LogP contribution in [-0.4, -0.2) is 84.3 Å². The number of aldehydes is 1. The van der Waals surface area contributed by atoms with Crippen LogP contribution in [0.4, 0.5) is 11.4 Å². The van der Waals surface area contributed by atoms with Crippen LogP contribution < -0.4 is 10.6 Å².